The van der Waals surface area contributed by atoms with Gasteiger partial charge in [-0.25, -0.2) is 12.8 Å². The van der Waals surface area contributed by atoms with Crippen LogP contribution in [0, 0.1) is 23.6 Å². The molecule has 3 aliphatic rings. The van der Waals surface area contributed by atoms with Gasteiger partial charge in [-0.15, -0.1) is 0 Å². The number of hydrogen-bond donors (Lipinski definition) is 1. The summed E-state index contributed by atoms with van der Waals surface area (Å²) >= 11 is 0. The quantitative estimate of drug-likeness (QED) is 0.873. The topological polar surface area (TPSA) is 66.5 Å². The first-order valence-corrected chi connectivity index (χ1v) is 10.9. The Balaban J connectivity index is 1.42. The van der Waals surface area contributed by atoms with Crippen molar-refractivity contribution < 1.29 is 17.6 Å². The van der Waals surface area contributed by atoms with Crippen LogP contribution in [-0.2, 0) is 14.8 Å². The Hall–Kier alpha value is -1.47. The number of rotatable bonds is 4. The highest BCUT2D eigenvalue weighted by Gasteiger charge is 2.41. The number of carbonyl (C=O) groups is 1. The maximum Gasteiger partial charge on any atom is 0.243 e. The molecule has 2 aliphatic carbocycles. The van der Waals surface area contributed by atoms with Crippen molar-refractivity contribution in [2.45, 2.75) is 49.5 Å². The molecule has 26 heavy (non-hydrogen) atoms. The van der Waals surface area contributed by atoms with Crippen LogP contribution >= 0.6 is 0 Å². The summed E-state index contributed by atoms with van der Waals surface area (Å²) in [6.45, 7) is 0.601. The number of fused-ring (bicyclic) bond motifs is 2. The van der Waals surface area contributed by atoms with Crippen LogP contribution in [0.1, 0.15) is 38.5 Å². The van der Waals surface area contributed by atoms with E-state index >= 15 is 0 Å². The molecule has 4 rings (SSSR count). The standard InChI is InChI=1S/C19H25FN2O3S/c20-16-5-7-17(8-6-16)26(24,25)22-9-1-2-15(12-22)19(23)21-18-11-13-3-4-14(18)10-13/h5-8,13-15,18H,1-4,9-12H2,(H,21,23)/t13-,14-,15-,18-/m1/s1. The van der Waals surface area contributed by atoms with Gasteiger partial charge in [0.2, 0.25) is 15.9 Å². The highest BCUT2D eigenvalue weighted by Crippen LogP contribution is 2.44. The van der Waals surface area contributed by atoms with E-state index in [9.17, 15) is 17.6 Å². The predicted octanol–water partition coefficient (Wildman–Crippen LogP) is 2.53. The van der Waals surface area contributed by atoms with Crippen molar-refractivity contribution in [2.24, 2.45) is 17.8 Å². The summed E-state index contributed by atoms with van der Waals surface area (Å²) in [5.74, 6) is 0.573. The van der Waals surface area contributed by atoms with Gasteiger partial charge in [0.15, 0.2) is 0 Å². The summed E-state index contributed by atoms with van der Waals surface area (Å²) in [6.07, 6.45) is 6.15. The van der Waals surface area contributed by atoms with E-state index in [1.54, 1.807) is 0 Å². The minimum atomic E-state index is -3.69. The Morgan fingerprint density at radius 2 is 1.88 bits per heavy atom. The summed E-state index contributed by atoms with van der Waals surface area (Å²) in [6, 6.07) is 5.13. The first-order valence-electron chi connectivity index (χ1n) is 9.49. The molecular formula is C19H25FN2O3S. The molecule has 0 unspecified atom stereocenters. The third-order valence-corrected chi connectivity index (χ3v) is 8.15. The van der Waals surface area contributed by atoms with Crippen LogP contribution in [0.4, 0.5) is 4.39 Å². The van der Waals surface area contributed by atoms with Crippen LogP contribution in [0.15, 0.2) is 29.2 Å². The molecule has 2 saturated carbocycles. The SMILES string of the molecule is O=C(N[C@@H]1C[C@@H]2CC[C@@H]1C2)[C@@H]1CCCN(S(=O)(=O)c2ccc(F)cc2)C1. The molecule has 142 valence electrons. The Morgan fingerprint density at radius 1 is 1.12 bits per heavy atom. The van der Waals surface area contributed by atoms with Crippen LogP contribution in [0.5, 0.6) is 0 Å². The first-order chi connectivity index (χ1) is 12.4. The van der Waals surface area contributed by atoms with E-state index in [0.717, 1.165) is 24.5 Å². The van der Waals surface area contributed by atoms with Crippen LogP contribution in [-0.4, -0.2) is 37.8 Å². The van der Waals surface area contributed by atoms with Crippen LogP contribution in [0.2, 0.25) is 0 Å². The Morgan fingerprint density at radius 3 is 2.54 bits per heavy atom. The summed E-state index contributed by atoms with van der Waals surface area (Å²) < 4.78 is 40.0. The molecule has 0 aromatic heterocycles. The van der Waals surface area contributed by atoms with Gasteiger partial charge >= 0.3 is 0 Å². The summed E-state index contributed by atoms with van der Waals surface area (Å²) in [7, 11) is -3.69. The number of benzene rings is 1. The fraction of sp³-hybridized carbons (Fsp3) is 0.632. The number of nitrogens with one attached hydrogen (secondary N) is 1. The average Bonchev–Trinajstić information content (AvgIpc) is 3.25. The van der Waals surface area contributed by atoms with Crippen molar-refractivity contribution in [1.82, 2.24) is 9.62 Å². The maximum atomic E-state index is 13.1. The van der Waals surface area contributed by atoms with Crippen molar-refractivity contribution in [3.63, 3.8) is 0 Å². The number of sulfonamides is 1. The fourth-order valence-electron chi connectivity index (χ4n) is 4.85. The van der Waals surface area contributed by atoms with Crippen LogP contribution < -0.4 is 5.32 Å². The molecule has 1 heterocycles. The minimum Gasteiger partial charge on any atom is -0.353 e. The zero-order chi connectivity index (χ0) is 18.3. The first kappa shape index (κ1) is 17.9. The Labute approximate surface area is 154 Å². The second-order valence-corrected chi connectivity index (χ2v) is 9.88. The van der Waals surface area contributed by atoms with Gasteiger partial charge in [-0.05, 0) is 68.2 Å². The monoisotopic (exact) mass is 380 g/mol. The normalized spacial score (nSPS) is 31.9. The molecule has 1 N–H and O–H groups in total. The molecule has 1 amide bonds. The number of nitrogens with zero attached hydrogens (tertiary/aromatic N) is 1. The number of amides is 1. The van der Waals surface area contributed by atoms with Gasteiger partial charge in [0, 0.05) is 19.1 Å². The third-order valence-electron chi connectivity index (χ3n) is 6.27. The average molecular weight is 380 g/mol. The molecule has 2 bridgehead atoms. The van der Waals surface area contributed by atoms with E-state index in [1.807, 2.05) is 0 Å². The Bertz CT molecular complexity index is 780. The Kier molecular flexibility index (Phi) is 4.77. The lowest BCUT2D eigenvalue weighted by Crippen LogP contribution is -2.48. The molecule has 7 heteroatoms. The van der Waals surface area contributed by atoms with E-state index in [1.165, 1.54) is 35.7 Å². The van der Waals surface area contributed by atoms with Crippen molar-refractivity contribution in [3.05, 3.63) is 30.1 Å². The molecule has 0 spiro atoms. The van der Waals surface area contributed by atoms with Gasteiger partial charge < -0.3 is 5.32 Å². The zero-order valence-electron chi connectivity index (χ0n) is 14.7. The van der Waals surface area contributed by atoms with Gasteiger partial charge in [0.05, 0.1) is 10.8 Å². The van der Waals surface area contributed by atoms with Gasteiger partial charge in [-0.1, -0.05) is 6.42 Å². The largest absolute Gasteiger partial charge is 0.353 e. The van der Waals surface area contributed by atoms with Crippen molar-refractivity contribution in [3.8, 4) is 0 Å². The van der Waals surface area contributed by atoms with Crippen LogP contribution in [0.25, 0.3) is 0 Å². The lowest BCUT2D eigenvalue weighted by molar-refractivity contribution is -0.127. The van der Waals surface area contributed by atoms with Crippen molar-refractivity contribution in [2.75, 3.05) is 13.1 Å². The number of hydrogen-bond acceptors (Lipinski definition) is 3. The zero-order valence-corrected chi connectivity index (χ0v) is 15.6. The maximum absolute atomic E-state index is 13.1. The molecule has 1 saturated heterocycles. The number of carbonyl (C=O) groups excluding carboxylic acids is 1. The van der Waals surface area contributed by atoms with Gasteiger partial charge in [-0.2, -0.15) is 4.31 Å². The lowest BCUT2D eigenvalue weighted by Gasteiger charge is -2.32. The smallest absolute Gasteiger partial charge is 0.243 e. The highest BCUT2D eigenvalue weighted by molar-refractivity contribution is 7.89. The highest BCUT2D eigenvalue weighted by atomic mass is 32.2. The van der Waals surface area contributed by atoms with E-state index in [-0.39, 0.29) is 29.3 Å². The second-order valence-electron chi connectivity index (χ2n) is 7.95. The van der Waals surface area contributed by atoms with E-state index in [2.05, 4.69) is 5.32 Å². The number of piperidine rings is 1. The molecule has 3 fully saturated rings. The molecule has 0 radical (unpaired) electrons. The van der Waals surface area contributed by atoms with Gasteiger partial charge in [0.1, 0.15) is 5.82 Å². The summed E-state index contributed by atoms with van der Waals surface area (Å²) in [5.41, 5.74) is 0. The van der Waals surface area contributed by atoms with E-state index in [0.29, 0.717) is 25.3 Å². The predicted molar refractivity (Wildman–Crippen MR) is 95.3 cm³/mol. The fourth-order valence-corrected chi connectivity index (χ4v) is 6.38. The lowest BCUT2D eigenvalue weighted by atomic mass is 9.93. The molecule has 1 aromatic rings. The van der Waals surface area contributed by atoms with Gasteiger partial charge in [-0.3, -0.25) is 4.79 Å². The van der Waals surface area contributed by atoms with Gasteiger partial charge in [0.25, 0.3) is 0 Å². The molecular weight excluding hydrogens is 355 g/mol. The van der Waals surface area contributed by atoms with Crippen molar-refractivity contribution in [1.29, 1.82) is 0 Å². The molecule has 1 aliphatic heterocycles. The van der Waals surface area contributed by atoms with Crippen LogP contribution in [0.3, 0.4) is 0 Å². The van der Waals surface area contributed by atoms with E-state index in [4.69, 9.17) is 0 Å². The summed E-state index contributed by atoms with van der Waals surface area (Å²) in [4.78, 5) is 12.8. The third kappa shape index (κ3) is 3.39. The van der Waals surface area contributed by atoms with E-state index < -0.39 is 15.8 Å². The summed E-state index contributed by atoms with van der Waals surface area (Å²) in [5, 5.41) is 3.19. The molecule has 5 nitrogen and oxygen atoms in total. The molecule has 4 atom stereocenters. The molecule has 1 aromatic carbocycles. The second kappa shape index (κ2) is 6.93. The minimum absolute atomic E-state index is 0.0124. The number of halogens is 1. The van der Waals surface area contributed by atoms with Crippen molar-refractivity contribution >= 4 is 15.9 Å².